The molecule has 154 valence electrons. The maximum absolute atomic E-state index is 12.5. The molecule has 1 fully saturated rings. The van der Waals surface area contributed by atoms with Crippen LogP contribution in [0, 0.1) is 5.41 Å². The molecule has 6 nitrogen and oxygen atoms in total. The first-order valence-electron chi connectivity index (χ1n) is 10.4. The number of aromatic nitrogens is 1. The van der Waals surface area contributed by atoms with E-state index in [0.29, 0.717) is 6.61 Å². The highest BCUT2D eigenvalue weighted by Gasteiger charge is 2.33. The quantitative estimate of drug-likeness (QED) is 0.857. The predicted octanol–water partition coefficient (Wildman–Crippen LogP) is 3.78. The zero-order chi connectivity index (χ0) is 20.3. The van der Waals surface area contributed by atoms with Crippen LogP contribution >= 0.6 is 0 Å². The molecule has 2 amide bonds. The third-order valence-electron chi connectivity index (χ3n) is 6.14. The summed E-state index contributed by atoms with van der Waals surface area (Å²) in [4.78, 5) is 20.7. The number of amides is 2. The lowest BCUT2D eigenvalue weighted by Crippen LogP contribution is -2.45. The number of nitrogens with one attached hydrogen (secondary N) is 1. The van der Waals surface area contributed by atoms with Crippen LogP contribution in [0.1, 0.15) is 30.9 Å². The summed E-state index contributed by atoms with van der Waals surface area (Å²) in [5, 5.41) is 2.92. The van der Waals surface area contributed by atoms with Crippen molar-refractivity contribution in [1.29, 1.82) is 0 Å². The van der Waals surface area contributed by atoms with E-state index in [0.717, 1.165) is 56.9 Å². The molecule has 2 aliphatic heterocycles. The van der Waals surface area contributed by atoms with Gasteiger partial charge < -0.3 is 19.9 Å². The van der Waals surface area contributed by atoms with Gasteiger partial charge in [-0.05, 0) is 61.7 Å². The fraction of sp³-hybridized carbons (Fsp3) is 0.478. The molecule has 2 aliphatic rings. The topological polar surface area (TPSA) is 57.7 Å². The minimum atomic E-state index is -0.0558. The second-order valence-electron chi connectivity index (χ2n) is 8.68. The van der Waals surface area contributed by atoms with Gasteiger partial charge in [0.2, 0.25) is 0 Å². The van der Waals surface area contributed by atoms with E-state index < -0.39 is 0 Å². The number of urea groups is 1. The standard InChI is InChI=1S/C23H30N4O2/c1-23(17-29-21-6-5-18-7-11-26(2)16-19(18)14-21)8-12-27(13-9-23)22(28)25-20-4-3-10-24-15-20/h3-6,10,14-15H,7-9,11-13,16-17H2,1-2H3,(H,25,28). The molecule has 1 aromatic heterocycles. The summed E-state index contributed by atoms with van der Waals surface area (Å²) < 4.78 is 6.20. The summed E-state index contributed by atoms with van der Waals surface area (Å²) in [7, 11) is 2.16. The van der Waals surface area contributed by atoms with E-state index in [9.17, 15) is 4.79 Å². The van der Waals surface area contributed by atoms with E-state index in [4.69, 9.17) is 4.74 Å². The number of carbonyl (C=O) groups excluding carboxylic acids is 1. The second-order valence-corrected chi connectivity index (χ2v) is 8.68. The van der Waals surface area contributed by atoms with Crippen LogP contribution in [0.5, 0.6) is 5.75 Å². The van der Waals surface area contributed by atoms with Crippen LogP contribution in [-0.2, 0) is 13.0 Å². The number of anilines is 1. The van der Waals surface area contributed by atoms with Crippen molar-refractivity contribution in [3.8, 4) is 5.75 Å². The molecule has 0 aliphatic carbocycles. The average molecular weight is 395 g/mol. The van der Waals surface area contributed by atoms with Crippen LogP contribution in [0.2, 0.25) is 0 Å². The van der Waals surface area contributed by atoms with Crippen molar-refractivity contribution < 1.29 is 9.53 Å². The summed E-state index contributed by atoms with van der Waals surface area (Å²) in [5.41, 5.74) is 3.63. The van der Waals surface area contributed by atoms with Crippen molar-refractivity contribution >= 4 is 11.7 Å². The molecule has 4 rings (SSSR count). The fourth-order valence-electron chi connectivity index (χ4n) is 4.06. The lowest BCUT2D eigenvalue weighted by Gasteiger charge is -2.39. The Morgan fingerprint density at radius 1 is 1.21 bits per heavy atom. The number of carbonyl (C=O) groups is 1. The number of piperidine rings is 1. The normalized spacial score (nSPS) is 18.8. The highest BCUT2D eigenvalue weighted by molar-refractivity contribution is 5.89. The maximum atomic E-state index is 12.5. The van der Waals surface area contributed by atoms with Gasteiger partial charge in [-0.1, -0.05) is 13.0 Å². The Morgan fingerprint density at radius 2 is 2.03 bits per heavy atom. The summed E-state index contributed by atoms with van der Waals surface area (Å²) in [6, 6.07) is 10.1. The molecular weight excluding hydrogens is 364 g/mol. The first kappa shape index (κ1) is 19.7. The van der Waals surface area contributed by atoms with E-state index in [1.54, 1.807) is 12.4 Å². The van der Waals surface area contributed by atoms with Crippen LogP contribution in [0.3, 0.4) is 0 Å². The molecule has 29 heavy (non-hydrogen) atoms. The van der Waals surface area contributed by atoms with Crippen LogP contribution in [0.4, 0.5) is 10.5 Å². The van der Waals surface area contributed by atoms with Gasteiger partial charge in [0, 0.05) is 37.8 Å². The number of likely N-dealkylation sites (N-methyl/N-ethyl adjacent to an activating group) is 1. The monoisotopic (exact) mass is 394 g/mol. The number of benzene rings is 1. The third kappa shape index (κ3) is 4.88. The number of pyridine rings is 1. The first-order valence-corrected chi connectivity index (χ1v) is 10.4. The van der Waals surface area contributed by atoms with Gasteiger partial charge in [-0.3, -0.25) is 4.98 Å². The highest BCUT2D eigenvalue weighted by atomic mass is 16.5. The smallest absolute Gasteiger partial charge is 0.321 e. The summed E-state index contributed by atoms with van der Waals surface area (Å²) in [6.07, 6.45) is 6.34. The maximum Gasteiger partial charge on any atom is 0.321 e. The number of hydrogen-bond acceptors (Lipinski definition) is 4. The van der Waals surface area contributed by atoms with Gasteiger partial charge in [-0.25, -0.2) is 4.79 Å². The van der Waals surface area contributed by atoms with Gasteiger partial charge in [-0.15, -0.1) is 0 Å². The Balaban J connectivity index is 1.29. The largest absolute Gasteiger partial charge is 0.493 e. The van der Waals surface area contributed by atoms with Crippen molar-refractivity contribution in [3.63, 3.8) is 0 Å². The second kappa shape index (κ2) is 8.41. The van der Waals surface area contributed by atoms with Gasteiger partial charge in [-0.2, -0.15) is 0 Å². The summed E-state index contributed by atoms with van der Waals surface area (Å²) in [6.45, 7) is 6.53. The fourth-order valence-corrected chi connectivity index (χ4v) is 4.06. The molecule has 0 atom stereocenters. The molecule has 2 aromatic rings. The number of ether oxygens (including phenoxy) is 1. The lowest BCUT2D eigenvalue weighted by molar-refractivity contribution is 0.0839. The van der Waals surface area contributed by atoms with E-state index in [1.165, 1.54) is 11.1 Å². The molecule has 0 radical (unpaired) electrons. The third-order valence-corrected chi connectivity index (χ3v) is 6.14. The van der Waals surface area contributed by atoms with Gasteiger partial charge in [0.25, 0.3) is 0 Å². The van der Waals surface area contributed by atoms with Crippen molar-refractivity contribution in [2.75, 3.05) is 38.6 Å². The van der Waals surface area contributed by atoms with Gasteiger partial charge in [0.1, 0.15) is 5.75 Å². The molecule has 3 heterocycles. The number of nitrogens with zero attached hydrogens (tertiary/aromatic N) is 3. The number of rotatable bonds is 4. The van der Waals surface area contributed by atoms with Crippen molar-refractivity contribution in [2.45, 2.75) is 32.7 Å². The van der Waals surface area contributed by atoms with Crippen LogP contribution in [0.25, 0.3) is 0 Å². The number of fused-ring (bicyclic) bond motifs is 1. The molecule has 0 bridgehead atoms. The molecule has 1 N–H and O–H groups in total. The Labute approximate surface area is 172 Å². The zero-order valence-corrected chi connectivity index (χ0v) is 17.4. The lowest BCUT2D eigenvalue weighted by atomic mass is 9.81. The Kier molecular flexibility index (Phi) is 5.72. The van der Waals surface area contributed by atoms with Crippen molar-refractivity contribution in [3.05, 3.63) is 53.9 Å². The Morgan fingerprint density at radius 3 is 2.79 bits per heavy atom. The van der Waals surface area contributed by atoms with Gasteiger partial charge >= 0.3 is 6.03 Å². The SMILES string of the molecule is CN1CCc2ccc(OCC3(C)CCN(C(=O)Nc4cccnc4)CC3)cc2C1. The van der Waals surface area contributed by atoms with E-state index in [2.05, 4.69) is 47.4 Å². The minimum absolute atomic E-state index is 0.0558. The van der Waals surface area contributed by atoms with Gasteiger partial charge in [0.05, 0.1) is 18.5 Å². The molecule has 0 unspecified atom stereocenters. The predicted molar refractivity (Wildman–Crippen MR) is 114 cm³/mol. The average Bonchev–Trinajstić information content (AvgIpc) is 2.73. The van der Waals surface area contributed by atoms with E-state index >= 15 is 0 Å². The summed E-state index contributed by atoms with van der Waals surface area (Å²) in [5.74, 6) is 0.956. The number of likely N-dealkylation sites (tertiary alicyclic amines) is 1. The molecule has 1 saturated heterocycles. The van der Waals surface area contributed by atoms with Crippen molar-refractivity contribution in [1.82, 2.24) is 14.8 Å². The zero-order valence-electron chi connectivity index (χ0n) is 17.4. The number of hydrogen-bond donors (Lipinski definition) is 1. The Hall–Kier alpha value is -2.60. The first-order chi connectivity index (χ1) is 14.0. The van der Waals surface area contributed by atoms with Crippen molar-refractivity contribution in [2.24, 2.45) is 5.41 Å². The molecule has 6 heteroatoms. The van der Waals surface area contributed by atoms with E-state index in [-0.39, 0.29) is 11.4 Å². The minimum Gasteiger partial charge on any atom is -0.493 e. The summed E-state index contributed by atoms with van der Waals surface area (Å²) >= 11 is 0. The van der Waals surface area contributed by atoms with Crippen LogP contribution in [0.15, 0.2) is 42.7 Å². The molecule has 0 saturated carbocycles. The highest BCUT2D eigenvalue weighted by Crippen LogP contribution is 2.32. The Bertz CT molecular complexity index is 847. The molecular formula is C23H30N4O2. The van der Waals surface area contributed by atoms with Crippen LogP contribution < -0.4 is 10.1 Å². The molecule has 1 aromatic carbocycles. The molecule has 0 spiro atoms. The van der Waals surface area contributed by atoms with Gasteiger partial charge in [0.15, 0.2) is 0 Å². The van der Waals surface area contributed by atoms with Crippen LogP contribution in [-0.4, -0.2) is 54.1 Å². The van der Waals surface area contributed by atoms with E-state index in [1.807, 2.05) is 17.0 Å².